The van der Waals surface area contributed by atoms with Crippen molar-refractivity contribution in [2.75, 3.05) is 63.9 Å². The van der Waals surface area contributed by atoms with Crippen LogP contribution in [0.1, 0.15) is 56.2 Å². The number of aromatic nitrogens is 3. The third kappa shape index (κ3) is 7.35. The van der Waals surface area contributed by atoms with Gasteiger partial charge in [0.05, 0.1) is 18.7 Å². The molecule has 0 unspecified atom stereocenters. The fraction of sp³-hybridized carbons (Fsp3) is 0.441. The number of pyridine rings is 1. The van der Waals surface area contributed by atoms with Gasteiger partial charge in [0.2, 0.25) is 0 Å². The molecule has 4 heterocycles. The number of anilines is 1. The second kappa shape index (κ2) is 14.5. The minimum atomic E-state index is 0.0774. The van der Waals surface area contributed by atoms with Crippen molar-refractivity contribution >= 4 is 34.0 Å². The zero-order chi connectivity index (χ0) is 30.2. The van der Waals surface area contributed by atoms with Gasteiger partial charge in [-0.2, -0.15) is 0 Å². The van der Waals surface area contributed by atoms with Gasteiger partial charge in [-0.25, -0.2) is 9.97 Å². The number of ether oxygens (including phenoxy) is 1. The highest BCUT2D eigenvalue weighted by Gasteiger charge is 2.23. The van der Waals surface area contributed by atoms with Crippen LogP contribution in [0, 0.1) is 0 Å². The number of benzene rings is 1. The quantitative estimate of drug-likeness (QED) is 0.231. The van der Waals surface area contributed by atoms with E-state index in [1.807, 2.05) is 48.4 Å². The standard InChI is InChI=1S/C34H43N7O2/c1-5-8-12-39-13-15-41(16-14-39)34(42)28-11-9-10-27(21-28)29-22-30-31(36-24-29)33(40-17-19-43-20-18-40)38-32(37-30)26(7-3)23-35-25(4)6-2/h7,9-11,21-24H,3,5-6,8,12-20H2,1-2,4H3/b26-23+,35-25?. The summed E-state index contributed by atoms with van der Waals surface area (Å²) in [5.74, 6) is 1.41. The lowest BCUT2D eigenvalue weighted by Crippen LogP contribution is -2.48. The Kier molecular flexibility index (Phi) is 10.3. The van der Waals surface area contributed by atoms with Gasteiger partial charge in [0.15, 0.2) is 11.6 Å². The van der Waals surface area contributed by atoms with Gasteiger partial charge < -0.3 is 14.5 Å². The topological polar surface area (TPSA) is 87.0 Å². The zero-order valence-electron chi connectivity index (χ0n) is 25.8. The lowest BCUT2D eigenvalue weighted by atomic mass is 10.0. The lowest BCUT2D eigenvalue weighted by Gasteiger charge is -2.34. The number of carbonyl (C=O) groups is 1. The number of aliphatic imine (C=N–C) groups is 1. The van der Waals surface area contributed by atoms with Gasteiger partial charge in [0.25, 0.3) is 5.91 Å². The molecule has 9 nitrogen and oxygen atoms in total. The Morgan fingerprint density at radius 2 is 1.84 bits per heavy atom. The summed E-state index contributed by atoms with van der Waals surface area (Å²) in [7, 11) is 0. The van der Waals surface area contributed by atoms with Crippen LogP contribution in [0.2, 0.25) is 0 Å². The second-order valence-corrected chi connectivity index (χ2v) is 11.1. The van der Waals surface area contributed by atoms with Crippen LogP contribution in [0.15, 0.2) is 60.4 Å². The highest BCUT2D eigenvalue weighted by Crippen LogP contribution is 2.30. The molecule has 9 heteroatoms. The van der Waals surface area contributed by atoms with Gasteiger partial charge in [0, 0.05) is 74.1 Å². The van der Waals surface area contributed by atoms with Crippen LogP contribution in [0.3, 0.4) is 0 Å². The van der Waals surface area contributed by atoms with Crippen molar-refractivity contribution in [3.63, 3.8) is 0 Å². The molecule has 0 radical (unpaired) electrons. The first kappa shape index (κ1) is 30.5. The van der Waals surface area contributed by atoms with E-state index in [1.54, 1.807) is 12.3 Å². The van der Waals surface area contributed by atoms with Gasteiger partial charge in [-0.3, -0.25) is 19.7 Å². The molecular weight excluding hydrogens is 538 g/mol. The fourth-order valence-corrected chi connectivity index (χ4v) is 5.33. The van der Waals surface area contributed by atoms with Crippen LogP contribution in [0.25, 0.3) is 27.7 Å². The summed E-state index contributed by atoms with van der Waals surface area (Å²) in [6.07, 6.45) is 8.64. The van der Waals surface area contributed by atoms with E-state index in [4.69, 9.17) is 19.7 Å². The number of hydrogen-bond donors (Lipinski definition) is 0. The normalized spacial score (nSPS) is 17.0. The Balaban J connectivity index is 1.47. The number of nitrogens with zero attached hydrogens (tertiary/aromatic N) is 7. The molecular formula is C34H43N7O2. The molecule has 43 heavy (non-hydrogen) atoms. The summed E-state index contributed by atoms with van der Waals surface area (Å²) in [6, 6.07) is 9.87. The Hall–Kier alpha value is -3.95. The maximum Gasteiger partial charge on any atom is 0.253 e. The number of allylic oxidation sites excluding steroid dienone is 2. The molecule has 0 spiro atoms. The van der Waals surface area contributed by atoms with E-state index in [1.165, 1.54) is 12.8 Å². The molecule has 1 aromatic carbocycles. The van der Waals surface area contributed by atoms with E-state index in [-0.39, 0.29) is 5.91 Å². The average molecular weight is 582 g/mol. The summed E-state index contributed by atoms with van der Waals surface area (Å²) in [4.78, 5) is 39.4. The molecule has 2 saturated heterocycles. The van der Waals surface area contributed by atoms with Crippen LogP contribution in [0.4, 0.5) is 5.82 Å². The number of unbranched alkanes of at least 4 members (excludes halogenated alkanes) is 1. The summed E-state index contributed by atoms with van der Waals surface area (Å²) in [5.41, 5.74) is 5.75. The maximum atomic E-state index is 13.4. The Morgan fingerprint density at radius 3 is 2.56 bits per heavy atom. The first-order valence-corrected chi connectivity index (χ1v) is 15.5. The molecule has 5 rings (SSSR count). The van der Waals surface area contributed by atoms with E-state index in [0.717, 1.165) is 91.5 Å². The lowest BCUT2D eigenvalue weighted by molar-refractivity contribution is 0.0635. The molecule has 3 aromatic rings. The Labute approximate surface area is 255 Å². The largest absolute Gasteiger partial charge is 0.378 e. The van der Waals surface area contributed by atoms with Gasteiger partial charge >= 0.3 is 0 Å². The van der Waals surface area contributed by atoms with Crippen molar-refractivity contribution in [3.8, 4) is 11.1 Å². The van der Waals surface area contributed by atoms with Crippen LogP contribution in [0.5, 0.6) is 0 Å². The summed E-state index contributed by atoms with van der Waals surface area (Å²) >= 11 is 0. The number of hydrogen-bond acceptors (Lipinski definition) is 8. The minimum Gasteiger partial charge on any atom is -0.378 e. The molecule has 0 atom stereocenters. The highest BCUT2D eigenvalue weighted by atomic mass is 16.5. The van der Waals surface area contributed by atoms with Crippen molar-refractivity contribution in [3.05, 3.63) is 66.8 Å². The zero-order valence-corrected chi connectivity index (χ0v) is 25.8. The second-order valence-electron chi connectivity index (χ2n) is 11.1. The summed E-state index contributed by atoms with van der Waals surface area (Å²) in [5, 5.41) is 0. The predicted molar refractivity (Wildman–Crippen MR) is 175 cm³/mol. The summed E-state index contributed by atoms with van der Waals surface area (Å²) < 4.78 is 5.60. The van der Waals surface area contributed by atoms with Crippen molar-refractivity contribution in [1.29, 1.82) is 0 Å². The van der Waals surface area contributed by atoms with E-state index in [2.05, 4.69) is 35.2 Å². The highest BCUT2D eigenvalue weighted by molar-refractivity contribution is 5.96. The SMILES string of the molecule is C=C/C(=C\N=C(C)CC)c1nc(N2CCOCC2)c2ncc(-c3cccc(C(=O)N4CCN(CCCC)CC4)c3)cc2n1. The Morgan fingerprint density at radius 1 is 1.05 bits per heavy atom. The number of rotatable bonds is 10. The fourth-order valence-electron chi connectivity index (χ4n) is 5.33. The maximum absolute atomic E-state index is 13.4. The van der Waals surface area contributed by atoms with Crippen molar-refractivity contribution in [1.82, 2.24) is 24.8 Å². The first-order chi connectivity index (χ1) is 21.0. The molecule has 1 amide bonds. The Bertz CT molecular complexity index is 1500. The number of piperazine rings is 1. The average Bonchev–Trinajstić information content (AvgIpc) is 3.07. The van der Waals surface area contributed by atoms with Gasteiger partial charge in [-0.05, 0) is 50.1 Å². The number of morpholine rings is 1. The first-order valence-electron chi connectivity index (χ1n) is 15.5. The van der Waals surface area contributed by atoms with Crippen molar-refractivity contribution < 1.29 is 9.53 Å². The minimum absolute atomic E-state index is 0.0774. The third-order valence-electron chi connectivity index (χ3n) is 8.17. The van der Waals surface area contributed by atoms with E-state index in [9.17, 15) is 4.79 Å². The molecule has 0 saturated carbocycles. The van der Waals surface area contributed by atoms with Crippen molar-refractivity contribution in [2.24, 2.45) is 4.99 Å². The monoisotopic (exact) mass is 581 g/mol. The van der Waals surface area contributed by atoms with E-state index < -0.39 is 0 Å². The van der Waals surface area contributed by atoms with Gasteiger partial charge in [0.1, 0.15) is 5.52 Å². The van der Waals surface area contributed by atoms with Crippen LogP contribution >= 0.6 is 0 Å². The van der Waals surface area contributed by atoms with Gasteiger partial charge in [-0.15, -0.1) is 0 Å². The molecule has 0 aliphatic carbocycles. The number of amides is 1. The van der Waals surface area contributed by atoms with Gasteiger partial charge in [-0.1, -0.05) is 45.1 Å². The van der Waals surface area contributed by atoms with E-state index in [0.29, 0.717) is 24.6 Å². The summed E-state index contributed by atoms with van der Waals surface area (Å²) in [6.45, 7) is 17.5. The third-order valence-corrected chi connectivity index (χ3v) is 8.17. The molecule has 2 fully saturated rings. The smallest absolute Gasteiger partial charge is 0.253 e. The van der Waals surface area contributed by atoms with Crippen LogP contribution in [-0.2, 0) is 4.74 Å². The molecule has 226 valence electrons. The molecule has 2 aliphatic rings. The van der Waals surface area contributed by atoms with Crippen molar-refractivity contribution in [2.45, 2.75) is 40.0 Å². The molecule has 0 N–H and O–H groups in total. The molecule has 2 aliphatic heterocycles. The predicted octanol–water partition coefficient (Wildman–Crippen LogP) is 5.48. The molecule has 2 aromatic heterocycles. The van der Waals surface area contributed by atoms with E-state index >= 15 is 0 Å². The number of fused-ring (bicyclic) bond motifs is 1. The number of carbonyl (C=O) groups excluding carboxylic acids is 1. The van der Waals surface area contributed by atoms with Crippen LogP contribution in [-0.4, -0.2) is 95.4 Å². The van der Waals surface area contributed by atoms with Crippen LogP contribution < -0.4 is 4.90 Å². The molecule has 0 bridgehead atoms.